The van der Waals surface area contributed by atoms with E-state index in [0.717, 1.165) is 12.0 Å². The highest BCUT2D eigenvalue weighted by Gasteiger charge is 2.46. The molecule has 0 aromatic carbocycles. The van der Waals surface area contributed by atoms with Crippen LogP contribution in [0, 0.1) is 17.8 Å². The van der Waals surface area contributed by atoms with Gasteiger partial charge in [0.25, 0.3) is 0 Å². The Labute approximate surface area is 293 Å². The molecular weight excluding hydrogens is 632 g/mol. The van der Waals surface area contributed by atoms with Crippen molar-refractivity contribution in [2.75, 3.05) is 19.8 Å². The molecule has 49 heavy (non-hydrogen) atoms. The lowest BCUT2D eigenvalue weighted by atomic mass is 9.88. The normalized spacial score (nSPS) is 30.8. The van der Waals surface area contributed by atoms with E-state index in [-0.39, 0.29) is 61.5 Å². The minimum absolute atomic E-state index is 0.0297. The van der Waals surface area contributed by atoms with E-state index in [0.29, 0.717) is 26.1 Å². The van der Waals surface area contributed by atoms with Crippen molar-refractivity contribution in [3.05, 3.63) is 36.0 Å². The minimum Gasteiger partial charge on any atom is -0.460 e. The molecule has 1 N–H and O–H groups in total. The number of hydrogen-bond donors (Lipinski definition) is 1. The number of carbonyl (C=O) groups excluding carboxylic acids is 3. The van der Waals surface area contributed by atoms with Crippen LogP contribution in [0.15, 0.2) is 36.0 Å². The summed E-state index contributed by atoms with van der Waals surface area (Å²) in [5.74, 6) is -1.32. The van der Waals surface area contributed by atoms with Crippen LogP contribution in [-0.4, -0.2) is 91.3 Å². The zero-order chi connectivity index (χ0) is 36.7. The molecule has 2 aliphatic rings. The van der Waals surface area contributed by atoms with Crippen LogP contribution in [0.1, 0.15) is 101 Å². The number of carbonyl (C=O) groups is 3. The molecule has 2 heterocycles. The quantitative estimate of drug-likeness (QED) is 0.0478. The van der Waals surface area contributed by atoms with E-state index in [9.17, 15) is 19.5 Å². The number of ether oxygens (including phenoxy) is 7. The average molecular weight is 695 g/mol. The Bertz CT molecular complexity index is 1130. The van der Waals surface area contributed by atoms with Crippen molar-refractivity contribution in [2.45, 2.75) is 150 Å². The standard InChI is InChI=1S/C38H62O11/c1-11-31(46-35(42)23-43-12-2)27(7)37-32(47-37)21-24(4)15-14-16-25(5)36-26(6)17-18-33(45-28(8)39)38(10,49-29(9)44-13-3)20-19-30(40)22-34(41)48-36/h14-18,24,26-27,29-33,36-37,40H,11-13,19-23H2,1-10H3. The molecule has 0 radical (unpaired) electrons. The molecule has 280 valence electrons. The number of aliphatic hydroxyl groups is 1. The van der Waals surface area contributed by atoms with Crippen LogP contribution in [0.2, 0.25) is 0 Å². The molecule has 11 heteroatoms. The van der Waals surface area contributed by atoms with Gasteiger partial charge in [0.2, 0.25) is 0 Å². The van der Waals surface area contributed by atoms with E-state index in [1.807, 2.05) is 59.8 Å². The number of allylic oxidation sites excluding steroid dienone is 3. The lowest BCUT2D eigenvalue weighted by Gasteiger charge is -2.38. The van der Waals surface area contributed by atoms with Crippen molar-refractivity contribution < 1.29 is 52.6 Å². The van der Waals surface area contributed by atoms with E-state index in [2.05, 4.69) is 19.9 Å². The number of cyclic esters (lactones) is 1. The van der Waals surface area contributed by atoms with Gasteiger partial charge in [-0.2, -0.15) is 0 Å². The summed E-state index contributed by atoms with van der Waals surface area (Å²) in [6, 6.07) is 0. The highest BCUT2D eigenvalue weighted by Crippen LogP contribution is 2.37. The fraction of sp³-hybridized carbons (Fsp3) is 0.763. The third-order valence-corrected chi connectivity index (χ3v) is 9.12. The van der Waals surface area contributed by atoms with Crippen molar-refractivity contribution in [1.82, 2.24) is 0 Å². The van der Waals surface area contributed by atoms with Crippen LogP contribution in [0.25, 0.3) is 0 Å². The Balaban J connectivity index is 2.15. The Kier molecular flexibility index (Phi) is 18.2. The van der Waals surface area contributed by atoms with Crippen molar-refractivity contribution in [2.24, 2.45) is 17.8 Å². The molecule has 11 unspecified atom stereocenters. The van der Waals surface area contributed by atoms with Gasteiger partial charge in [-0.1, -0.05) is 52.0 Å². The third kappa shape index (κ3) is 14.7. The molecule has 0 aromatic heterocycles. The van der Waals surface area contributed by atoms with Crippen LogP contribution in [0.5, 0.6) is 0 Å². The summed E-state index contributed by atoms with van der Waals surface area (Å²) in [4.78, 5) is 37.2. The molecule has 0 bridgehead atoms. The predicted octanol–water partition coefficient (Wildman–Crippen LogP) is 6.02. The van der Waals surface area contributed by atoms with Gasteiger partial charge in [0.05, 0.1) is 24.7 Å². The summed E-state index contributed by atoms with van der Waals surface area (Å²) in [5.41, 5.74) is -0.199. The van der Waals surface area contributed by atoms with Gasteiger partial charge in [-0.05, 0) is 77.9 Å². The smallest absolute Gasteiger partial charge is 0.332 e. The lowest BCUT2D eigenvalue weighted by molar-refractivity contribution is -0.227. The van der Waals surface area contributed by atoms with Crippen LogP contribution in [-0.2, 0) is 47.5 Å². The SMILES string of the molecule is CCOCC(=O)OC(CC)C(C)C1OC1CC(C)C=CC=C(C)C1OC(=O)CC(O)CCC(C)(OC(C)OCC)C(OC(C)=O)C=CC1C. The van der Waals surface area contributed by atoms with Crippen LogP contribution >= 0.6 is 0 Å². The van der Waals surface area contributed by atoms with E-state index in [1.165, 1.54) is 6.92 Å². The molecule has 0 amide bonds. The molecule has 1 fully saturated rings. The zero-order valence-electron chi connectivity index (χ0n) is 31.3. The molecule has 11 nitrogen and oxygen atoms in total. The number of hydrogen-bond acceptors (Lipinski definition) is 11. The first-order valence-corrected chi connectivity index (χ1v) is 17.9. The number of aliphatic hydroxyl groups excluding tert-OH is 1. The second-order valence-electron chi connectivity index (χ2n) is 13.6. The maximum absolute atomic E-state index is 13.0. The Hall–Kier alpha value is -2.57. The largest absolute Gasteiger partial charge is 0.460 e. The summed E-state index contributed by atoms with van der Waals surface area (Å²) in [6.07, 6.45) is 8.49. The number of rotatable bonds is 17. The van der Waals surface area contributed by atoms with Crippen molar-refractivity contribution in [3.8, 4) is 0 Å². The number of epoxide rings is 1. The Morgan fingerprint density at radius 1 is 1.12 bits per heavy atom. The van der Waals surface area contributed by atoms with Gasteiger partial charge in [-0.15, -0.1) is 0 Å². The molecule has 0 aliphatic carbocycles. The van der Waals surface area contributed by atoms with Crippen molar-refractivity contribution in [3.63, 3.8) is 0 Å². The highest BCUT2D eigenvalue weighted by atomic mass is 16.7. The summed E-state index contributed by atoms with van der Waals surface area (Å²) in [5, 5.41) is 10.8. The molecule has 0 aromatic rings. The second kappa shape index (κ2) is 20.9. The van der Waals surface area contributed by atoms with Crippen LogP contribution in [0.3, 0.4) is 0 Å². The monoisotopic (exact) mass is 694 g/mol. The first kappa shape index (κ1) is 42.6. The fourth-order valence-electron chi connectivity index (χ4n) is 6.30. The summed E-state index contributed by atoms with van der Waals surface area (Å²) in [7, 11) is 0. The van der Waals surface area contributed by atoms with E-state index < -0.39 is 42.1 Å². The molecule has 0 spiro atoms. The van der Waals surface area contributed by atoms with Crippen LogP contribution < -0.4 is 0 Å². The predicted molar refractivity (Wildman–Crippen MR) is 185 cm³/mol. The zero-order valence-corrected chi connectivity index (χ0v) is 31.3. The van der Waals surface area contributed by atoms with Crippen molar-refractivity contribution in [1.29, 1.82) is 0 Å². The van der Waals surface area contributed by atoms with Gasteiger partial charge in [-0.3, -0.25) is 9.59 Å². The highest BCUT2D eigenvalue weighted by molar-refractivity contribution is 5.71. The van der Waals surface area contributed by atoms with Crippen molar-refractivity contribution >= 4 is 17.9 Å². The van der Waals surface area contributed by atoms with Gasteiger partial charge < -0.3 is 38.3 Å². The van der Waals surface area contributed by atoms with Gasteiger partial charge in [0, 0.05) is 32.0 Å². The third-order valence-electron chi connectivity index (χ3n) is 9.12. The number of esters is 3. The maximum atomic E-state index is 13.0. The van der Waals surface area contributed by atoms with E-state index >= 15 is 0 Å². The van der Waals surface area contributed by atoms with E-state index in [1.54, 1.807) is 13.0 Å². The molecular formula is C38H62O11. The lowest BCUT2D eigenvalue weighted by Crippen LogP contribution is -2.47. The summed E-state index contributed by atoms with van der Waals surface area (Å²) >= 11 is 0. The first-order valence-electron chi connectivity index (χ1n) is 17.9. The molecule has 2 rings (SSSR count). The van der Waals surface area contributed by atoms with E-state index in [4.69, 9.17) is 33.2 Å². The van der Waals surface area contributed by atoms with Gasteiger partial charge in [-0.25, -0.2) is 4.79 Å². The minimum atomic E-state index is -1.02. The molecule has 2 aliphatic heterocycles. The van der Waals surface area contributed by atoms with Crippen LogP contribution in [0.4, 0.5) is 0 Å². The Morgan fingerprint density at radius 3 is 2.47 bits per heavy atom. The second-order valence-corrected chi connectivity index (χ2v) is 13.6. The summed E-state index contributed by atoms with van der Waals surface area (Å²) in [6.45, 7) is 19.5. The Morgan fingerprint density at radius 2 is 1.84 bits per heavy atom. The van der Waals surface area contributed by atoms with Gasteiger partial charge >= 0.3 is 17.9 Å². The topological polar surface area (TPSA) is 139 Å². The average Bonchev–Trinajstić information content (AvgIpc) is 3.80. The molecule has 11 atom stereocenters. The van der Waals surface area contributed by atoms with Gasteiger partial charge in [0.1, 0.15) is 30.5 Å². The first-order chi connectivity index (χ1) is 23.1. The molecule has 1 saturated heterocycles. The maximum Gasteiger partial charge on any atom is 0.332 e. The summed E-state index contributed by atoms with van der Waals surface area (Å²) < 4.78 is 40.3. The fourth-order valence-corrected chi connectivity index (χ4v) is 6.30. The molecule has 0 saturated carbocycles. The van der Waals surface area contributed by atoms with Gasteiger partial charge in [0.15, 0.2) is 6.29 Å².